The third-order valence-corrected chi connectivity index (χ3v) is 3.79. The summed E-state index contributed by atoms with van der Waals surface area (Å²) in [5.74, 6) is 1.68. The summed E-state index contributed by atoms with van der Waals surface area (Å²) in [5.41, 5.74) is 1.03. The molecule has 0 bridgehead atoms. The monoisotopic (exact) mass is 349 g/mol. The van der Waals surface area contributed by atoms with Crippen LogP contribution in [0.3, 0.4) is 0 Å². The van der Waals surface area contributed by atoms with Gasteiger partial charge in [-0.2, -0.15) is 0 Å². The number of rotatable bonds is 7. The normalized spacial score (nSPS) is 10.6. The van der Waals surface area contributed by atoms with Crippen LogP contribution in [-0.2, 0) is 11.3 Å². The highest BCUT2D eigenvalue weighted by Gasteiger charge is 2.06. The number of carbonyl (C=O) groups is 1. The summed E-state index contributed by atoms with van der Waals surface area (Å²) in [4.78, 5) is 11.6. The van der Waals surface area contributed by atoms with E-state index in [2.05, 4.69) is 28.2 Å². The average molecular weight is 350 g/mol. The molecule has 0 saturated carbocycles. The molecule has 1 amide bonds. The van der Waals surface area contributed by atoms with Crippen molar-refractivity contribution in [2.24, 2.45) is 0 Å². The van der Waals surface area contributed by atoms with Crippen LogP contribution in [0.25, 0.3) is 11.3 Å². The molecule has 0 saturated heterocycles. The van der Waals surface area contributed by atoms with Gasteiger partial charge in [-0.3, -0.25) is 4.79 Å². The molecule has 2 rings (SSSR count). The predicted octanol–water partition coefficient (Wildman–Crippen LogP) is 4.91. The number of amides is 1. The van der Waals surface area contributed by atoms with Gasteiger partial charge in [0.15, 0.2) is 0 Å². The van der Waals surface area contributed by atoms with E-state index < -0.39 is 0 Å². The van der Waals surface area contributed by atoms with Gasteiger partial charge in [-0.1, -0.05) is 47.8 Å². The van der Waals surface area contributed by atoms with Crippen molar-refractivity contribution in [2.75, 3.05) is 0 Å². The summed E-state index contributed by atoms with van der Waals surface area (Å²) < 4.78 is 6.79. The first-order valence-electron chi connectivity index (χ1n) is 7.30. The third kappa shape index (κ3) is 5.05. The molecule has 3 nitrogen and oxygen atoms in total. The lowest BCUT2D eigenvalue weighted by atomic mass is 10.2. The van der Waals surface area contributed by atoms with Crippen molar-refractivity contribution in [2.45, 2.75) is 39.2 Å². The fourth-order valence-corrected chi connectivity index (χ4v) is 2.32. The molecule has 0 fully saturated rings. The van der Waals surface area contributed by atoms with Crippen molar-refractivity contribution >= 4 is 21.8 Å². The summed E-state index contributed by atoms with van der Waals surface area (Å²) in [6.45, 7) is 2.58. The molecule has 112 valence electrons. The van der Waals surface area contributed by atoms with Gasteiger partial charge in [-0.25, -0.2) is 0 Å². The predicted molar refractivity (Wildman–Crippen MR) is 87.8 cm³/mol. The summed E-state index contributed by atoms with van der Waals surface area (Å²) in [6, 6.07) is 11.8. The maximum absolute atomic E-state index is 11.6. The Morgan fingerprint density at radius 3 is 2.62 bits per heavy atom. The lowest BCUT2D eigenvalue weighted by Crippen LogP contribution is -2.21. The minimum atomic E-state index is 0.0880. The highest BCUT2D eigenvalue weighted by atomic mass is 79.9. The number of hydrogen-bond acceptors (Lipinski definition) is 2. The van der Waals surface area contributed by atoms with Gasteiger partial charge in [0.2, 0.25) is 5.91 Å². The number of furan rings is 1. The minimum Gasteiger partial charge on any atom is -0.459 e. The zero-order valence-corrected chi connectivity index (χ0v) is 13.8. The van der Waals surface area contributed by atoms with E-state index in [1.165, 1.54) is 0 Å². The maximum atomic E-state index is 11.6. The van der Waals surface area contributed by atoms with Crippen LogP contribution in [0.5, 0.6) is 0 Å². The van der Waals surface area contributed by atoms with Gasteiger partial charge in [0.05, 0.1) is 6.54 Å². The highest BCUT2D eigenvalue weighted by molar-refractivity contribution is 9.10. The molecule has 0 spiro atoms. The Hall–Kier alpha value is -1.55. The van der Waals surface area contributed by atoms with E-state index in [4.69, 9.17) is 4.42 Å². The van der Waals surface area contributed by atoms with Crippen LogP contribution >= 0.6 is 15.9 Å². The molecule has 4 heteroatoms. The van der Waals surface area contributed by atoms with E-state index in [1.807, 2.05) is 36.4 Å². The van der Waals surface area contributed by atoms with E-state index >= 15 is 0 Å². The molecule has 0 unspecified atom stereocenters. The van der Waals surface area contributed by atoms with Gasteiger partial charge in [0, 0.05) is 16.5 Å². The fourth-order valence-electron chi connectivity index (χ4n) is 2.05. The maximum Gasteiger partial charge on any atom is 0.220 e. The number of halogens is 1. The van der Waals surface area contributed by atoms with Crippen LogP contribution in [-0.4, -0.2) is 5.91 Å². The molecule has 0 aliphatic carbocycles. The second kappa shape index (κ2) is 8.03. The lowest BCUT2D eigenvalue weighted by Gasteiger charge is -2.03. The molecule has 0 atom stereocenters. The quantitative estimate of drug-likeness (QED) is 0.722. The van der Waals surface area contributed by atoms with Crippen LogP contribution in [0, 0.1) is 0 Å². The molecule has 0 aliphatic rings. The average Bonchev–Trinajstić information content (AvgIpc) is 2.95. The summed E-state index contributed by atoms with van der Waals surface area (Å²) >= 11 is 3.41. The topological polar surface area (TPSA) is 42.2 Å². The Bertz CT molecular complexity index is 575. The second-order valence-electron chi connectivity index (χ2n) is 5.01. The molecule has 0 aliphatic heterocycles. The van der Waals surface area contributed by atoms with E-state index in [-0.39, 0.29) is 5.91 Å². The SMILES string of the molecule is CCCCCC(=O)NCc1ccc(-c2ccc(Br)cc2)o1. The summed E-state index contributed by atoms with van der Waals surface area (Å²) in [7, 11) is 0. The van der Waals surface area contributed by atoms with Crippen molar-refractivity contribution in [1.29, 1.82) is 0 Å². The first-order chi connectivity index (χ1) is 10.2. The number of nitrogens with one attached hydrogen (secondary N) is 1. The van der Waals surface area contributed by atoms with E-state index in [0.29, 0.717) is 13.0 Å². The van der Waals surface area contributed by atoms with Crippen LogP contribution in [0.2, 0.25) is 0 Å². The first-order valence-corrected chi connectivity index (χ1v) is 8.09. The van der Waals surface area contributed by atoms with Gasteiger partial charge >= 0.3 is 0 Å². The van der Waals surface area contributed by atoms with E-state index in [1.54, 1.807) is 0 Å². The standard InChI is InChI=1S/C17H20BrNO2/c1-2-3-4-5-17(20)19-12-15-10-11-16(21-15)13-6-8-14(18)9-7-13/h6-11H,2-5,12H2,1H3,(H,19,20). The Morgan fingerprint density at radius 2 is 1.90 bits per heavy atom. The molecule has 21 heavy (non-hydrogen) atoms. The molecule has 1 aromatic carbocycles. The Kier molecular flexibility index (Phi) is 6.05. The van der Waals surface area contributed by atoms with Crippen molar-refractivity contribution in [1.82, 2.24) is 5.32 Å². The Balaban J connectivity index is 1.86. The molecule has 1 heterocycles. The number of hydrogen-bond donors (Lipinski definition) is 1. The van der Waals surface area contributed by atoms with Crippen LogP contribution < -0.4 is 5.32 Å². The zero-order valence-electron chi connectivity index (χ0n) is 12.2. The second-order valence-corrected chi connectivity index (χ2v) is 5.92. The fraction of sp³-hybridized carbons (Fsp3) is 0.353. The van der Waals surface area contributed by atoms with E-state index in [9.17, 15) is 4.79 Å². The summed E-state index contributed by atoms with van der Waals surface area (Å²) in [5, 5.41) is 2.89. The molecular weight excluding hydrogens is 330 g/mol. The van der Waals surface area contributed by atoms with Gasteiger partial charge in [0.25, 0.3) is 0 Å². The number of benzene rings is 1. The highest BCUT2D eigenvalue weighted by Crippen LogP contribution is 2.23. The Morgan fingerprint density at radius 1 is 1.14 bits per heavy atom. The third-order valence-electron chi connectivity index (χ3n) is 3.26. The minimum absolute atomic E-state index is 0.0880. The van der Waals surface area contributed by atoms with Crippen molar-refractivity contribution in [3.63, 3.8) is 0 Å². The molecular formula is C17H20BrNO2. The smallest absolute Gasteiger partial charge is 0.220 e. The van der Waals surface area contributed by atoms with Gasteiger partial charge in [0.1, 0.15) is 11.5 Å². The number of unbranched alkanes of at least 4 members (excludes halogenated alkanes) is 2. The van der Waals surface area contributed by atoms with Crippen LogP contribution in [0.15, 0.2) is 45.3 Å². The Labute approximate surface area is 133 Å². The molecule has 1 N–H and O–H groups in total. The van der Waals surface area contributed by atoms with Gasteiger partial charge < -0.3 is 9.73 Å². The lowest BCUT2D eigenvalue weighted by molar-refractivity contribution is -0.121. The van der Waals surface area contributed by atoms with E-state index in [0.717, 1.165) is 40.8 Å². The van der Waals surface area contributed by atoms with Gasteiger partial charge in [-0.05, 0) is 30.7 Å². The number of carbonyl (C=O) groups excluding carboxylic acids is 1. The molecule has 0 radical (unpaired) electrons. The molecule has 1 aromatic heterocycles. The van der Waals surface area contributed by atoms with Crippen LogP contribution in [0.4, 0.5) is 0 Å². The van der Waals surface area contributed by atoms with Crippen LogP contribution in [0.1, 0.15) is 38.4 Å². The van der Waals surface area contributed by atoms with Crippen molar-refractivity contribution in [3.05, 3.63) is 46.6 Å². The zero-order chi connectivity index (χ0) is 15.1. The summed E-state index contributed by atoms with van der Waals surface area (Å²) in [6.07, 6.45) is 3.77. The first kappa shape index (κ1) is 15.8. The van der Waals surface area contributed by atoms with Crippen molar-refractivity contribution < 1.29 is 9.21 Å². The van der Waals surface area contributed by atoms with Gasteiger partial charge in [-0.15, -0.1) is 0 Å². The van der Waals surface area contributed by atoms with Crippen molar-refractivity contribution in [3.8, 4) is 11.3 Å². The molecule has 2 aromatic rings. The largest absolute Gasteiger partial charge is 0.459 e.